The van der Waals surface area contributed by atoms with Crippen molar-refractivity contribution in [3.8, 4) is 11.5 Å². The zero-order valence-electron chi connectivity index (χ0n) is 10.7. The predicted molar refractivity (Wildman–Crippen MR) is 67.8 cm³/mol. The van der Waals surface area contributed by atoms with Gasteiger partial charge in [-0.1, -0.05) is 0 Å². The molecule has 1 aromatic rings. The van der Waals surface area contributed by atoms with Crippen molar-refractivity contribution in [3.63, 3.8) is 0 Å². The van der Waals surface area contributed by atoms with E-state index in [2.05, 4.69) is 0 Å². The summed E-state index contributed by atoms with van der Waals surface area (Å²) in [7, 11) is 1.37. The van der Waals surface area contributed by atoms with E-state index in [1.54, 1.807) is 0 Å². The van der Waals surface area contributed by atoms with Crippen LogP contribution < -0.4 is 20.5 Å². The van der Waals surface area contributed by atoms with Crippen molar-refractivity contribution in [3.05, 3.63) is 23.8 Å². The molecule has 0 heterocycles. The van der Waals surface area contributed by atoms with E-state index in [0.29, 0.717) is 5.75 Å². The number of ether oxygens (including phenoxy) is 2. The molecule has 3 amide bonds. The molecule has 0 aliphatic heterocycles. The molecule has 1 rings (SSSR count). The highest BCUT2D eigenvalue weighted by Crippen LogP contribution is 2.28. The Hall–Kier alpha value is -2.77. The molecule has 8 heteroatoms. The van der Waals surface area contributed by atoms with Gasteiger partial charge in [0.1, 0.15) is 0 Å². The average molecular weight is 282 g/mol. The molecule has 20 heavy (non-hydrogen) atoms. The fourth-order valence-electron chi connectivity index (χ4n) is 1.37. The van der Waals surface area contributed by atoms with Crippen LogP contribution in [-0.2, 0) is 4.79 Å². The molecule has 0 aromatic heterocycles. The van der Waals surface area contributed by atoms with Crippen LogP contribution in [0.15, 0.2) is 18.2 Å². The third kappa shape index (κ3) is 4.48. The van der Waals surface area contributed by atoms with Crippen LogP contribution in [0.5, 0.6) is 11.5 Å². The summed E-state index contributed by atoms with van der Waals surface area (Å²) < 4.78 is 10.3. The van der Waals surface area contributed by atoms with Gasteiger partial charge in [-0.3, -0.25) is 10.1 Å². The number of carbonyl (C=O) groups is 3. The molecule has 0 radical (unpaired) electrons. The van der Waals surface area contributed by atoms with E-state index in [9.17, 15) is 14.4 Å². The van der Waals surface area contributed by atoms with E-state index >= 15 is 0 Å². The fraction of sp³-hybridized carbons (Fsp3) is 0.250. The van der Waals surface area contributed by atoms with Gasteiger partial charge in [0.05, 0.1) is 25.7 Å². The highest BCUT2D eigenvalue weighted by Gasteiger charge is 2.11. The standard InChI is InChI=1S/C12H14N2O6/c1-19-9-6-7(11(16)17)2-3-8(9)20-5-4-10(15)14-12(13)18/h2-3,6H,4-5H2,1H3,(H,16,17)(H3,13,14,15,18). The Bertz CT molecular complexity index is 529. The van der Waals surface area contributed by atoms with Crippen molar-refractivity contribution in [2.45, 2.75) is 6.42 Å². The lowest BCUT2D eigenvalue weighted by Gasteiger charge is -2.10. The number of rotatable bonds is 6. The van der Waals surface area contributed by atoms with Crippen LogP contribution in [0, 0.1) is 0 Å². The second kappa shape index (κ2) is 6.98. The number of imide groups is 1. The second-order valence-electron chi connectivity index (χ2n) is 3.68. The number of benzene rings is 1. The van der Waals surface area contributed by atoms with Crippen LogP contribution in [0.2, 0.25) is 0 Å². The Kier molecular flexibility index (Phi) is 5.33. The van der Waals surface area contributed by atoms with Crippen molar-refractivity contribution < 1.29 is 29.0 Å². The zero-order valence-corrected chi connectivity index (χ0v) is 10.7. The van der Waals surface area contributed by atoms with E-state index in [1.807, 2.05) is 5.32 Å². The van der Waals surface area contributed by atoms with Crippen LogP contribution in [0.1, 0.15) is 16.8 Å². The molecule has 0 aliphatic carbocycles. The number of nitrogens with one attached hydrogen (secondary N) is 1. The zero-order chi connectivity index (χ0) is 15.1. The number of urea groups is 1. The Morgan fingerprint density at radius 1 is 1.30 bits per heavy atom. The number of primary amides is 1. The Morgan fingerprint density at radius 2 is 2.00 bits per heavy atom. The molecule has 0 saturated carbocycles. The number of hydrogen-bond donors (Lipinski definition) is 3. The summed E-state index contributed by atoms with van der Waals surface area (Å²) in [6.07, 6.45) is -0.0766. The molecule has 0 fully saturated rings. The smallest absolute Gasteiger partial charge is 0.335 e. The first-order valence-corrected chi connectivity index (χ1v) is 5.57. The summed E-state index contributed by atoms with van der Waals surface area (Å²) in [6.45, 7) is -0.0120. The van der Waals surface area contributed by atoms with Crippen molar-refractivity contribution in [2.75, 3.05) is 13.7 Å². The van der Waals surface area contributed by atoms with E-state index in [4.69, 9.17) is 20.3 Å². The minimum Gasteiger partial charge on any atom is -0.493 e. The third-order valence-electron chi connectivity index (χ3n) is 2.26. The quantitative estimate of drug-likeness (QED) is 0.691. The van der Waals surface area contributed by atoms with Crippen LogP contribution in [0.4, 0.5) is 4.79 Å². The highest BCUT2D eigenvalue weighted by molar-refractivity contribution is 5.93. The number of amides is 3. The van der Waals surface area contributed by atoms with E-state index in [1.165, 1.54) is 25.3 Å². The monoisotopic (exact) mass is 282 g/mol. The first-order valence-electron chi connectivity index (χ1n) is 5.57. The average Bonchev–Trinajstić information content (AvgIpc) is 2.37. The number of hydrogen-bond acceptors (Lipinski definition) is 5. The maximum atomic E-state index is 11.1. The number of nitrogens with two attached hydrogens (primary N) is 1. The second-order valence-corrected chi connectivity index (χ2v) is 3.68. The number of methoxy groups -OCH3 is 1. The molecule has 0 unspecified atom stereocenters. The number of carboxylic acids is 1. The molecule has 0 aliphatic rings. The summed E-state index contributed by atoms with van der Waals surface area (Å²) in [6, 6.07) is 3.15. The van der Waals surface area contributed by atoms with Gasteiger partial charge in [0, 0.05) is 0 Å². The molecule has 8 nitrogen and oxygen atoms in total. The van der Waals surface area contributed by atoms with Gasteiger partial charge in [0.25, 0.3) is 0 Å². The summed E-state index contributed by atoms with van der Waals surface area (Å²) in [5.74, 6) is -1.13. The molecular formula is C12H14N2O6. The number of aromatic carboxylic acids is 1. The Morgan fingerprint density at radius 3 is 2.55 bits per heavy atom. The van der Waals surface area contributed by atoms with Gasteiger partial charge in [-0.05, 0) is 18.2 Å². The highest BCUT2D eigenvalue weighted by atomic mass is 16.5. The van der Waals surface area contributed by atoms with E-state index < -0.39 is 17.9 Å². The van der Waals surface area contributed by atoms with Crippen LogP contribution in [0.25, 0.3) is 0 Å². The minimum atomic E-state index is -1.09. The maximum absolute atomic E-state index is 11.1. The molecule has 0 saturated heterocycles. The lowest BCUT2D eigenvalue weighted by atomic mass is 10.2. The lowest BCUT2D eigenvalue weighted by Crippen LogP contribution is -2.35. The van der Waals surface area contributed by atoms with Gasteiger partial charge in [0.15, 0.2) is 11.5 Å². The first kappa shape index (κ1) is 15.3. The minimum absolute atomic E-state index is 0.0120. The summed E-state index contributed by atoms with van der Waals surface area (Å²) in [5.41, 5.74) is 4.84. The van der Waals surface area contributed by atoms with E-state index in [0.717, 1.165) is 0 Å². The van der Waals surface area contributed by atoms with Crippen molar-refractivity contribution in [2.24, 2.45) is 5.73 Å². The van der Waals surface area contributed by atoms with Crippen molar-refractivity contribution in [1.82, 2.24) is 5.32 Å². The SMILES string of the molecule is COc1cc(C(=O)O)ccc1OCCC(=O)NC(N)=O. The van der Waals surface area contributed by atoms with Gasteiger partial charge in [-0.15, -0.1) is 0 Å². The van der Waals surface area contributed by atoms with Crippen molar-refractivity contribution >= 4 is 17.9 Å². The molecular weight excluding hydrogens is 268 g/mol. The topological polar surface area (TPSA) is 128 Å². The predicted octanol–water partition coefficient (Wildman–Crippen LogP) is 0.357. The molecule has 0 bridgehead atoms. The van der Waals surface area contributed by atoms with Gasteiger partial charge in [-0.2, -0.15) is 0 Å². The molecule has 0 spiro atoms. The number of carbonyl (C=O) groups excluding carboxylic acids is 2. The lowest BCUT2D eigenvalue weighted by molar-refractivity contribution is -0.120. The Balaban J connectivity index is 2.62. The van der Waals surface area contributed by atoms with Crippen molar-refractivity contribution in [1.29, 1.82) is 0 Å². The molecule has 0 atom stereocenters. The van der Waals surface area contributed by atoms with E-state index in [-0.39, 0.29) is 24.3 Å². The molecule has 1 aromatic carbocycles. The Labute approximate surface area is 114 Å². The van der Waals surface area contributed by atoms with Gasteiger partial charge in [-0.25, -0.2) is 9.59 Å². The van der Waals surface area contributed by atoms with Crippen LogP contribution in [0.3, 0.4) is 0 Å². The molecule has 108 valence electrons. The first-order chi connectivity index (χ1) is 9.43. The summed E-state index contributed by atoms with van der Waals surface area (Å²) in [5, 5.41) is 10.7. The van der Waals surface area contributed by atoms with Gasteiger partial charge < -0.3 is 20.3 Å². The summed E-state index contributed by atoms with van der Waals surface area (Å²) in [4.78, 5) is 32.4. The van der Waals surface area contributed by atoms with Gasteiger partial charge >= 0.3 is 12.0 Å². The number of carboxylic acid groups (broad SMARTS) is 1. The van der Waals surface area contributed by atoms with Gasteiger partial charge in [0.2, 0.25) is 5.91 Å². The van der Waals surface area contributed by atoms with Crippen LogP contribution >= 0.6 is 0 Å². The molecule has 4 N–H and O–H groups in total. The largest absolute Gasteiger partial charge is 0.493 e. The fourth-order valence-corrected chi connectivity index (χ4v) is 1.37. The third-order valence-corrected chi connectivity index (χ3v) is 2.26. The van der Waals surface area contributed by atoms with Crippen LogP contribution in [-0.4, -0.2) is 36.7 Å². The maximum Gasteiger partial charge on any atom is 0.335 e. The summed E-state index contributed by atoms with van der Waals surface area (Å²) >= 11 is 0. The normalized spacial score (nSPS) is 9.65.